The molecule has 0 aliphatic carbocycles. The minimum absolute atomic E-state index is 0.00975. The molecule has 5 aromatic carbocycles. The van der Waals surface area contributed by atoms with Gasteiger partial charge in [-0.3, -0.25) is 43.2 Å². The third-order valence-corrected chi connectivity index (χ3v) is 16.9. The quantitative estimate of drug-likeness (QED) is 0.0243. The zero-order valence-electron chi connectivity index (χ0n) is 57.9. The maximum atomic E-state index is 14.9. The first kappa shape index (κ1) is 80.6. The molecule has 0 heterocycles. The number of unbranched alkanes of at least 4 members (excludes halogenated alkanes) is 4. The highest BCUT2D eigenvalue weighted by Gasteiger charge is 2.36. The number of hydrogen-bond acceptors (Lipinski definition) is 14. The molecule has 9 atom stereocenters. The van der Waals surface area contributed by atoms with E-state index in [9.17, 15) is 53.1 Å². The zero-order chi connectivity index (χ0) is 72.1. The first-order valence-corrected chi connectivity index (χ1v) is 35.0. The Morgan fingerprint density at radius 2 is 0.596 bits per heavy atom. The van der Waals surface area contributed by atoms with Gasteiger partial charge in [-0.2, -0.15) is 0 Å². The van der Waals surface area contributed by atoms with Crippen molar-refractivity contribution in [2.24, 2.45) is 34.8 Å². The summed E-state index contributed by atoms with van der Waals surface area (Å²) in [6.07, 6.45) is 4.01. The summed E-state index contributed by atoms with van der Waals surface area (Å²) in [7, 11) is 0. The molecule has 9 amide bonds. The Morgan fingerprint density at radius 1 is 0.313 bits per heavy atom. The van der Waals surface area contributed by atoms with Crippen LogP contribution in [0, 0.1) is 11.8 Å². The molecule has 0 fully saturated rings. The highest BCUT2D eigenvalue weighted by Crippen LogP contribution is 2.18. The van der Waals surface area contributed by atoms with Crippen LogP contribution >= 0.6 is 0 Å². The number of nitrogens with one attached hydrogen (secondary N) is 9. The Morgan fingerprint density at radius 3 is 0.939 bits per heavy atom. The van der Waals surface area contributed by atoms with Crippen LogP contribution in [0.2, 0.25) is 0 Å². The number of nitrogens with two attached hydrogens (primary N) is 4. The average molecular weight is 1370 g/mol. The molecule has 0 aliphatic rings. The zero-order valence-corrected chi connectivity index (χ0v) is 57.9. The highest BCUT2D eigenvalue weighted by molar-refractivity contribution is 5.99. The van der Waals surface area contributed by atoms with E-state index in [2.05, 4.69) is 47.9 Å². The lowest BCUT2D eigenvalue weighted by molar-refractivity contribution is -0.143. The van der Waals surface area contributed by atoms with E-state index in [4.69, 9.17) is 22.9 Å². The number of carboxylic acid groups (broad SMARTS) is 1. The van der Waals surface area contributed by atoms with Crippen LogP contribution in [-0.2, 0) is 73.6 Å². The van der Waals surface area contributed by atoms with Crippen LogP contribution in [0.5, 0.6) is 0 Å². The van der Waals surface area contributed by atoms with Crippen molar-refractivity contribution >= 4 is 69.9 Å². The molecule has 24 nitrogen and oxygen atoms in total. The van der Waals surface area contributed by atoms with E-state index in [1.165, 1.54) is 0 Å². The number of amides is 9. The number of benzene rings is 5. The average Bonchev–Trinajstić information content (AvgIpc) is 0.870. The van der Waals surface area contributed by atoms with Crippen molar-refractivity contribution < 1.29 is 53.1 Å². The number of carbonyl (C=O) groups is 10. The number of rotatable bonds is 46. The Kier molecular flexibility index (Phi) is 35.8. The predicted octanol–water partition coefficient (Wildman–Crippen LogP) is 4.17. The monoisotopic (exact) mass is 1370 g/mol. The van der Waals surface area contributed by atoms with Crippen molar-refractivity contribution in [1.82, 2.24) is 47.9 Å². The van der Waals surface area contributed by atoms with Crippen molar-refractivity contribution in [3.05, 3.63) is 156 Å². The smallest absolute Gasteiger partial charge is 0.326 e. The normalized spacial score (nSPS) is 14.0. The number of carbonyl (C=O) groups excluding carboxylic acids is 9. The highest BCUT2D eigenvalue weighted by atomic mass is 16.4. The first-order valence-electron chi connectivity index (χ1n) is 35.0. The van der Waals surface area contributed by atoms with Gasteiger partial charge < -0.3 is 75.9 Å². The lowest BCUT2D eigenvalue weighted by Crippen LogP contribution is -2.61. The third-order valence-electron chi connectivity index (χ3n) is 16.9. The summed E-state index contributed by atoms with van der Waals surface area (Å²) in [4.78, 5) is 143. The molecular weight excluding hydrogens is 1260 g/mol. The van der Waals surface area contributed by atoms with Crippen LogP contribution in [0.4, 0.5) is 0 Å². The molecule has 24 heteroatoms. The molecule has 0 saturated heterocycles. The topological polar surface area (TPSA) is 403 Å². The Balaban J connectivity index is 1.41. The molecule has 0 aromatic heterocycles. The summed E-state index contributed by atoms with van der Waals surface area (Å²) >= 11 is 0. The molecule has 0 radical (unpaired) electrons. The van der Waals surface area contributed by atoms with Gasteiger partial charge in [-0.15, -0.1) is 0 Å². The van der Waals surface area contributed by atoms with Gasteiger partial charge in [-0.05, 0) is 161 Å². The van der Waals surface area contributed by atoms with Crippen LogP contribution in [0.15, 0.2) is 133 Å². The molecule has 18 N–H and O–H groups in total. The lowest BCUT2D eigenvalue weighted by atomic mass is 9.99. The van der Waals surface area contributed by atoms with Crippen molar-refractivity contribution in [2.45, 2.75) is 198 Å². The maximum absolute atomic E-state index is 14.9. The minimum Gasteiger partial charge on any atom is -0.480 e. The number of fused-ring (bicyclic) bond motifs is 1. The summed E-state index contributed by atoms with van der Waals surface area (Å²) in [5, 5.41) is 37.3. The SMILES string of the molecule is CC(C)C[C@H](NC(=O)[C@H](CCCCN)NC(=O)[C@H](CC(C)C)NC(=O)[C@H](CCCCN)NC(=O)[C@H](Cc1ccccc1)NC(=O)[C@H](CCCCN)NC(=O)[C@H](CCCCN)NC(=O)[C@H](Cc1ccccc1)NC(=O)[C@H](Cc1ccccc1)NC(=O)Cc1ccc2ccccc2c1)C(=O)O. The molecule has 0 unspecified atom stereocenters. The standard InChI is InChI=1S/C75H107N13O11/c1-49(2)42-61(71(94)82-60(35-19-23-41-79)70(93)88-65(75(98)99)43-50(3)4)85-68(91)59(34-18-22-40-78)84-73(96)63(46-52-26-10-6-11-27-52)86-69(92)58(33-17-21-39-77)81-67(90)57(32-16-20-38-76)83-74(97)64(47-53-28-12-7-13-29-53)87-72(95)62(45-51-24-8-5-9-25-51)80-66(89)48-54-36-37-55-30-14-15-31-56(55)44-54/h5-15,24-31,36-37,44,49-50,57-65H,16-23,32-35,38-43,45-48,76-79H2,1-4H3,(H,80,89)(H,81,90)(H,82,94)(H,83,97)(H,84,96)(H,85,91)(H,86,92)(H,87,95)(H,88,93)(H,98,99)/t57-,58-,59-,60-,61-,62-,63-,64-,65-/m0/s1. The fourth-order valence-electron chi connectivity index (χ4n) is 11.6. The van der Waals surface area contributed by atoms with Gasteiger partial charge in [0.15, 0.2) is 0 Å². The van der Waals surface area contributed by atoms with E-state index in [-0.39, 0.29) is 95.7 Å². The number of aliphatic carboxylic acids is 1. The molecule has 5 rings (SSSR count). The Hall–Kier alpha value is -9.10. The predicted molar refractivity (Wildman–Crippen MR) is 384 cm³/mol. The van der Waals surface area contributed by atoms with E-state index in [0.717, 1.165) is 21.9 Å². The van der Waals surface area contributed by atoms with Gasteiger partial charge in [0.1, 0.15) is 54.4 Å². The lowest BCUT2D eigenvalue weighted by Gasteiger charge is -2.29. The van der Waals surface area contributed by atoms with Crippen LogP contribution in [0.3, 0.4) is 0 Å². The Bertz CT molecular complexity index is 3340. The van der Waals surface area contributed by atoms with E-state index in [0.29, 0.717) is 69.0 Å². The van der Waals surface area contributed by atoms with Gasteiger partial charge in [0.2, 0.25) is 53.2 Å². The molecule has 0 bridgehead atoms. The molecule has 538 valence electrons. The van der Waals surface area contributed by atoms with E-state index in [1.54, 1.807) is 54.6 Å². The van der Waals surface area contributed by atoms with E-state index < -0.39 is 114 Å². The fraction of sp³-hybridized carbons (Fsp3) is 0.493. The summed E-state index contributed by atoms with van der Waals surface area (Å²) in [6.45, 7) is 8.45. The van der Waals surface area contributed by atoms with Crippen LogP contribution in [-0.4, -0.2) is 145 Å². The Labute approximate surface area is 582 Å². The van der Waals surface area contributed by atoms with Crippen molar-refractivity contribution in [1.29, 1.82) is 0 Å². The summed E-state index contributed by atoms with van der Waals surface area (Å²) in [5.41, 5.74) is 26.4. The molecule has 5 aromatic rings. The molecule has 0 saturated carbocycles. The third kappa shape index (κ3) is 29.5. The van der Waals surface area contributed by atoms with Gasteiger partial charge >= 0.3 is 5.97 Å². The second kappa shape index (κ2) is 44.0. The van der Waals surface area contributed by atoms with Crippen LogP contribution < -0.4 is 70.8 Å². The summed E-state index contributed by atoms with van der Waals surface area (Å²) in [5.74, 6) is -7.64. The number of carboxylic acids is 1. The van der Waals surface area contributed by atoms with Crippen molar-refractivity contribution in [3.63, 3.8) is 0 Å². The van der Waals surface area contributed by atoms with Crippen molar-refractivity contribution in [3.8, 4) is 0 Å². The van der Waals surface area contributed by atoms with Gasteiger partial charge in [0.25, 0.3) is 0 Å². The largest absolute Gasteiger partial charge is 0.480 e. The number of hydrogen-bond donors (Lipinski definition) is 14. The van der Waals surface area contributed by atoms with Crippen molar-refractivity contribution in [2.75, 3.05) is 26.2 Å². The van der Waals surface area contributed by atoms with Gasteiger partial charge in [-0.25, -0.2) is 4.79 Å². The molecule has 99 heavy (non-hydrogen) atoms. The second-order valence-electron chi connectivity index (χ2n) is 26.3. The first-order chi connectivity index (χ1) is 47.6. The van der Waals surface area contributed by atoms with Crippen LogP contribution in [0.1, 0.15) is 140 Å². The van der Waals surface area contributed by atoms with Gasteiger partial charge in [-0.1, -0.05) is 161 Å². The summed E-state index contributed by atoms with van der Waals surface area (Å²) in [6, 6.07) is 29.2. The van der Waals surface area contributed by atoms with E-state index in [1.807, 2.05) is 107 Å². The molecule has 0 aliphatic heterocycles. The maximum Gasteiger partial charge on any atom is 0.326 e. The van der Waals surface area contributed by atoms with Gasteiger partial charge in [0.05, 0.1) is 6.42 Å². The molecular formula is C75H107N13O11. The van der Waals surface area contributed by atoms with Gasteiger partial charge in [0, 0.05) is 19.3 Å². The molecule has 0 spiro atoms. The van der Waals surface area contributed by atoms with E-state index >= 15 is 0 Å². The fourth-order valence-corrected chi connectivity index (χ4v) is 11.6. The summed E-state index contributed by atoms with van der Waals surface area (Å²) < 4.78 is 0. The minimum atomic E-state index is -1.36. The second-order valence-corrected chi connectivity index (χ2v) is 26.3. The van der Waals surface area contributed by atoms with Crippen LogP contribution in [0.25, 0.3) is 10.8 Å².